The SMILES string of the molecule is CC.CC(=O)N(C)CCOc1cc2nc(-c3ccc(CC(=O)Cc4cc(C(C)(C)C(F)(F)F)on4)c(F)c3)cnc2cc1C.[HH]. The topological polar surface area (TPSA) is 98.4 Å². The molecule has 0 spiro atoms. The van der Waals surface area contributed by atoms with E-state index in [-0.39, 0.29) is 31.4 Å². The summed E-state index contributed by atoms with van der Waals surface area (Å²) in [4.78, 5) is 34.6. The van der Waals surface area contributed by atoms with Crippen molar-refractivity contribution in [2.24, 2.45) is 0 Å². The number of aromatic nitrogens is 3. The van der Waals surface area contributed by atoms with E-state index in [9.17, 15) is 22.8 Å². The predicted molar refractivity (Wildman–Crippen MR) is 160 cm³/mol. The van der Waals surface area contributed by atoms with E-state index in [1.54, 1.807) is 24.1 Å². The first-order chi connectivity index (χ1) is 20.7. The Kier molecular flexibility index (Phi) is 10.8. The molecule has 8 nitrogen and oxygen atoms in total. The maximum atomic E-state index is 15.0. The molecule has 0 N–H and O–H groups in total. The van der Waals surface area contributed by atoms with E-state index in [1.165, 1.54) is 25.3 Å². The summed E-state index contributed by atoms with van der Waals surface area (Å²) in [6, 6.07) is 9.00. The lowest BCUT2D eigenvalue weighted by Crippen LogP contribution is -2.35. The van der Waals surface area contributed by atoms with Gasteiger partial charge in [-0.1, -0.05) is 31.1 Å². The number of amides is 1. The fourth-order valence-electron chi connectivity index (χ4n) is 4.05. The van der Waals surface area contributed by atoms with Crippen LogP contribution in [-0.4, -0.2) is 58.1 Å². The lowest BCUT2D eigenvalue weighted by molar-refractivity contribution is -0.185. The average Bonchev–Trinajstić information content (AvgIpc) is 3.43. The number of ether oxygens (including phenoxy) is 1. The van der Waals surface area contributed by atoms with E-state index in [0.717, 1.165) is 25.5 Å². The Balaban J connectivity index is 0.00000230. The summed E-state index contributed by atoms with van der Waals surface area (Å²) in [6.45, 7) is 9.99. The number of likely N-dealkylation sites (N-methyl/N-ethyl adjacent to an activating group) is 1. The largest absolute Gasteiger partial charge is 0.491 e. The molecule has 0 aliphatic heterocycles. The third-order valence-electron chi connectivity index (χ3n) is 7.06. The van der Waals surface area contributed by atoms with Gasteiger partial charge in [-0.05, 0) is 44.0 Å². The van der Waals surface area contributed by atoms with Crippen LogP contribution in [0, 0.1) is 12.7 Å². The molecule has 0 aliphatic carbocycles. The Hall–Kier alpha value is -4.35. The maximum Gasteiger partial charge on any atom is 0.401 e. The highest BCUT2D eigenvalue weighted by Gasteiger charge is 2.51. The number of hydrogen-bond donors (Lipinski definition) is 0. The summed E-state index contributed by atoms with van der Waals surface area (Å²) in [5.41, 5.74) is 0.762. The summed E-state index contributed by atoms with van der Waals surface area (Å²) >= 11 is 0. The number of Topliss-reactive ketones (excluding diaryl/α,β-unsaturated/α-hetero) is 1. The van der Waals surface area contributed by atoms with Crippen LogP contribution in [0.25, 0.3) is 22.3 Å². The normalized spacial score (nSPS) is 11.6. The third kappa shape index (κ3) is 7.97. The number of aryl methyl sites for hydroxylation is 1. The first-order valence-electron chi connectivity index (χ1n) is 14.1. The Morgan fingerprint density at radius 3 is 2.39 bits per heavy atom. The second kappa shape index (κ2) is 14.0. The third-order valence-corrected chi connectivity index (χ3v) is 7.06. The molecule has 238 valence electrons. The number of ketones is 1. The zero-order chi connectivity index (χ0) is 32.8. The van der Waals surface area contributed by atoms with Crippen LogP contribution in [0.4, 0.5) is 17.6 Å². The lowest BCUT2D eigenvalue weighted by atomic mass is 9.89. The van der Waals surface area contributed by atoms with Crippen molar-refractivity contribution < 1.29 is 37.8 Å². The minimum atomic E-state index is -4.56. The van der Waals surface area contributed by atoms with Gasteiger partial charge in [0.2, 0.25) is 5.91 Å². The molecule has 0 fully saturated rings. The first kappa shape index (κ1) is 34.1. The standard InChI is InChI=1S/C30H30F4N4O4.C2H6.H2/c1-17-10-24-25(15-27(17)41-9-8-38(5)18(2)39)36-26(16-35-24)20-7-6-19(23(31)12-20)11-22(40)13-21-14-28(42-37-21)29(3,4)30(32,33)34;1-2;/h6-7,10,12,14-16H,8-9,11,13H2,1-5H3;1-2H3;1H. The van der Waals surface area contributed by atoms with E-state index in [4.69, 9.17) is 9.26 Å². The van der Waals surface area contributed by atoms with Gasteiger partial charge < -0.3 is 14.2 Å². The highest BCUT2D eigenvalue weighted by molar-refractivity contribution is 5.83. The molecule has 4 rings (SSSR count). The monoisotopic (exact) mass is 618 g/mol. The quantitative estimate of drug-likeness (QED) is 0.176. The van der Waals surface area contributed by atoms with Crippen LogP contribution >= 0.6 is 0 Å². The van der Waals surface area contributed by atoms with Crippen molar-refractivity contribution in [3.63, 3.8) is 0 Å². The van der Waals surface area contributed by atoms with E-state index in [1.807, 2.05) is 26.8 Å². The Labute approximate surface area is 254 Å². The van der Waals surface area contributed by atoms with Crippen LogP contribution < -0.4 is 4.74 Å². The van der Waals surface area contributed by atoms with Crippen molar-refractivity contribution in [2.75, 3.05) is 20.2 Å². The highest BCUT2D eigenvalue weighted by Crippen LogP contribution is 2.40. The molecule has 0 aliphatic rings. The molecule has 0 saturated heterocycles. The van der Waals surface area contributed by atoms with Crippen molar-refractivity contribution in [3.05, 3.63) is 71.0 Å². The van der Waals surface area contributed by atoms with Gasteiger partial charge in [0.1, 0.15) is 29.4 Å². The van der Waals surface area contributed by atoms with Gasteiger partial charge in [-0.3, -0.25) is 14.6 Å². The van der Waals surface area contributed by atoms with Gasteiger partial charge in [-0.15, -0.1) is 0 Å². The van der Waals surface area contributed by atoms with Gasteiger partial charge in [0, 0.05) is 39.5 Å². The number of carbonyl (C=O) groups is 2. The fraction of sp³-hybridized carbons (Fsp3) is 0.406. The van der Waals surface area contributed by atoms with Crippen molar-refractivity contribution in [1.82, 2.24) is 20.0 Å². The van der Waals surface area contributed by atoms with Crippen molar-refractivity contribution >= 4 is 22.7 Å². The second-order valence-electron chi connectivity index (χ2n) is 10.7. The van der Waals surface area contributed by atoms with Gasteiger partial charge in [0.05, 0.1) is 41.6 Å². The maximum absolute atomic E-state index is 15.0. The zero-order valence-corrected chi connectivity index (χ0v) is 25.8. The van der Waals surface area contributed by atoms with E-state index in [0.29, 0.717) is 41.2 Å². The Bertz CT molecular complexity index is 1640. The van der Waals surface area contributed by atoms with Gasteiger partial charge in [-0.2, -0.15) is 13.2 Å². The first-order valence-corrected chi connectivity index (χ1v) is 14.1. The van der Waals surface area contributed by atoms with Gasteiger partial charge >= 0.3 is 6.18 Å². The average molecular weight is 619 g/mol. The molecular weight excluding hydrogens is 580 g/mol. The fourth-order valence-corrected chi connectivity index (χ4v) is 4.05. The minimum absolute atomic E-state index is 0. The summed E-state index contributed by atoms with van der Waals surface area (Å²) in [5, 5.41) is 3.59. The van der Waals surface area contributed by atoms with Crippen molar-refractivity contribution in [2.45, 2.75) is 66.0 Å². The number of rotatable bonds is 10. The Morgan fingerprint density at radius 1 is 1.05 bits per heavy atom. The van der Waals surface area contributed by atoms with Crippen molar-refractivity contribution in [1.29, 1.82) is 0 Å². The van der Waals surface area contributed by atoms with Crippen LogP contribution in [-0.2, 0) is 27.8 Å². The molecule has 0 saturated carbocycles. The Morgan fingerprint density at radius 2 is 1.75 bits per heavy atom. The molecule has 1 amide bonds. The van der Waals surface area contributed by atoms with Crippen LogP contribution in [0.5, 0.6) is 5.75 Å². The second-order valence-corrected chi connectivity index (χ2v) is 10.7. The number of halogens is 4. The van der Waals surface area contributed by atoms with Gasteiger partial charge in [-0.25, -0.2) is 9.37 Å². The number of fused-ring (bicyclic) bond motifs is 1. The van der Waals surface area contributed by atoms with E-state index < -0.39 is 29.0 Å². The van der Waals surface area contributed by atoms with Crippen LogP contribution in [0.1, 0.15) is 58.6 Å². The molecule has 2 aromatic heterocycles. The van der Waals surface area contributed by atoms with E-state index in [2.05, 4.69) is 15.1 Å². The molecule has 4 aromatic rings. The smallest absolute Gasteiger partial charge is 0.401 e. The van der Waals surface area contributed by atoms with Crippen LogP contribution in [0.3, 0.4) is 0 Å². The van der Waals surface area contributed by atoms with Crippen molar-refractivity contribution in [3.8, 4) is 17.0 Å². The molecule has 0 bridgehead atoms. The summed E-state index contributed by atoms with van der Waals surface area (Å²) < 4.78 is 65.5. The zero-order valence-electron chi connectivity index (χ0n) is 25.8. The molecule has 44 heavy (non-hydrogen) atoms. The summed E-state index contributed by atoms with van der Waals surface area (Å²) in [5.74, 6) is -0.950. The van der Waals surface area contributed by atoms with Crippen LogP contribution in [0.2, 0.25) is 0 Å². The predicted octanol–water partition coefficient (Wildman–Crippen LogP) is 7.06. The molecule has 0 radical (unpaired) electrons. The minimum Gasteiger partial charge on any atom is -0.491 e. The number of benzene rings is 2. The summed E-state index contributed by atoms with van der Waals surface area (Å²) in [7, 11) is 1.69. The van der Waals surface area contributed by atoms with E-state index >= 15 is 4.39 Å². The number of hydrogen-bond acceptors (Lipinski definition) is 7. The number of alkyl halides is 3. The molecular formula is C32H38F4N4O4. The molecule has 2 heterocycles. The number of nitrogens with zero attached hydrogens (tertiary/aromatic N) is 4. The highest BCUT2D eigenvalue weighted by atomic mass is 19.4. The molecule has 0 unspecified atom stereocenters. The molecule has 0 atom stereocenters. The molecule has 12 heteroatoms. The van der Waals surface area contributed by atoms with Gasteiger partial charge in [0.15, 0.2) is 5.76 Å². The number of carbonyl (C=O) groups excluding carboxylic acids is 2. The van der Waals surface area contributed by atoms with Gasteiger partial charge in [0.25, 0.3) is 0 Å². The lowest BCUT2D eigenvalue weighted by Gasteiger charge is -2.24. The molecule has 2 aromatic carbocycles. The summed E-state index contributed by atoms with van der Waals surface area (Å²) in [6.07, 6.45) is -3.62. The van der Waals surface area contributed by atoms with Crippen LogP contribution in [0.15, 0.2) is 47.1 Å².